The topological polar surface area (TPSA) is 110 Å². The zero-order chi connectivity index (χ0) is 19.9. The van der Waals surface area contributed by atoms with Gasteiger partial charge in [0.05, 0.1) is 12.0 Å². The molecule has 0 saturated heterocycles. The number of nitrogens with zero attached hydrogens (tertiary/aromatic N) is 4. The van der Waals surface area contributed by atoms with E-state index in [9.17, 15) is 4.79 Å². The largest absolute Gasteiger partial charge is 0.334 e. The van der Waals surface area contributed by atoms with Gasteiger partial charge in [0.2, 0.25) is 11.1 Å². The molecule has 0 spiro atoms. The number of halogens is 1. The van der Waals surface area contributed by atoms with Gasteiger partial charge in [-0.2, -0.15) is 5.10 Å². The third-order valence-electron chi connectivity index (χ3n) is 3.53. The second-order valence-corrected chi connectivity index (χ2v) is 7.67. The van der Waals surface area contributed by atoms with Crippen molar-refractivity contribution in [1.29, 1.82) is 0 Å². The maximum absolute atomic E-state index is 12.1. The number of benzene rings is 2. The Kier molecular flexibility index (Phi) is 6.66. The van der Waals surface area contributed by atoms with Crippen LogP contribution in [0.3, 0.4) is 0 Å². The van der Waals surface area contributed by atoms with E-state index in [0.29, 0.717) is 5.16 Å². The maximum atomic E-state index is 12.1. The Hall–Kier alpha value is -2.85. The van der Waals surface area contributed by atoms with Crippen LogP contribution in [0.25, 0.3) is 0 Å². The minimum atomic E-state index is -0.152. The fourth-order valence-electron chi connectivity index (χ4n) is 2.25. The first-order chi connectivity index (χ1) is 13.5. The summed E-state index contributed by atoms with van der Waals surface area (Å²) in [7, 11) is 0. The molecule has 8 nitrogen and oxygen atoms in total. The molecule has 0 saturated carbocycles. The third kappa shape index (κ3) is 5.57. The van der Waals surface area contributed by atoms with Crippen LogP contribution in [-0.2, 0) is 4.79 Å². The quantitative estimate of drug-likeness (QED) is 0.216. The van der Waals surface area contributed by atoms with Crippen molar-refractivity contribution < 1.29 is 4.79 Å². The highest BCUT2D eigenvalue weighted by atomic mass is 79.9. The molecule has 2 aromatic carbocycles. The smallest absolute Gasteiger partial charge is 0.264 e. The molecule has 10 heteroatoms. The lowest BCUT2D eigenvalue weighted by Crippen LogP contribution is -2.16. The molecule has 3 rings (SSSR count). The summed E-state index contributed by atoms with van der Waals surface area (Å²) in [5.41, 5.74) is 5.48. The van der Waals surface area contributed by atoms with E-state index < -0.39 is 0 Å². The number of anilines is 2. The van der Waals surface area contributed by atoms with Crippen LogP contribution in [0, 0.1) is 6.92 Å². The van der Waals surface area contributed by atoms with Crippen molar-refractivity contribution in [2.45, 2.75) is 12.1 Å². The van der Waals surface area contributed by atoms with Crippen molar-refractivity contribution in [1.82, 2.24) is 14.9 Å². The summed E-state index contributed by atoms with van der Waals surface area (Å²) in [5, 5.41) is 15.3. The van der Waals surface area contributed by atoms with Gasteiger partial charge in [-0.25, -0.2) is 10.1 Å². The number of rotatable bonds is 7. The molecule has 1 heterocycles. The standard InChI is InChI=1S/C18H18BrN7OS/c1-12-4-2-7-15(8-12)22-16(27)11-28-18-25-24-17(26(18)20)23-21-10-13-5-3-6-14(19)9-13/h2-10H,11,20H2,1H3,(H,22,27)(H,23,24)/b21-10+. The van der Waals surface area contributed by atoms with E-state index in [1.807, 2.05) is 55.5 Å². The minimum Gasteiger partial charge on any atom is -0.334 e. The van der Waals surface area contributed by atoms with Gasteiger partial charge in [0.25, 0.3) is 5.95 Å². The number of nitrogens with one attached hydrogen (secondary N) is 2. The van der Waals surface area contributed by atoms with E-state index in [4.69, 9.17) is 5.84 Å². The van der Waals surface area contributed by atoms with Gasteiger partial charge in [-0.05, 0) is 42.3 Å². The van der Waals surface area contributed by atoms with Gasteiger partial charge in [-0.3, -0.25) is 4.79 Å². The summed E-state index contributed by atoms with van der Waals surface area (Å²) in [6.07, 6.45) is 1.64. The van der Waals surface area contributed by atoms with Crippen LogP contribution in [0.15, 0.2) is 63.3 Å². The molecule has 4 N–H and O–H groups in total. The summed E-state index contributed by atoms with van der Waals surface area (Å²) < 4.78 is 2.21. The lowest BCUT2D eigenvalue weighted by molar-refractivity contribution is -0.113. The molecule has 0 unspecified atom stereocenters. The Balaban J connectivity index is 1.53. The number of nitrogen functional groups attached to an aromatic ring is 1. The fraction of sp³-hybridized carbons (Fsp3) is 0.111. The predicted molar refractivity (Wildman–Crippen MR) is 116 cm³/mol. The second-order valence-electron chi connectivity index (χ2n) is 5.81. The Morgan fingerprint density at radius 1 is 1.29 bits per heavy atom. The average Bonchev–Trinajstić information content (AvgIpc) is 3.00. The number of nitrogens with two attached hydrogens (primary N) is 1. The Bertz CT molecular complexity index is 1010. The van der Waals surface area contributed by atoms with Crippen LogP contribution in [0.2, 0.25) is 0 Å². The number of hydrogen-bond donors (Lipinski definition) is 3. The van der Waals surface area contributed by atoms with Crippen molar-refractivity contribution >= 4 is 51.4 Å². The van der Waals surface area contributed by atoms with Crippen LogP contribution >= 0.6 is 27.7 Å². The van der Waals surface area contributed by atoms with Gasteiger partial charge in [0.1, 0.15) is 0 Å². The SMILES string of the molecule is Cc1cccc(NC(=O)CSc2nnc(N/N=C/c3cccc(Br)c3)n2N)c1. The van der Waals surface area contributed by atoms with E-state index in [-0.39, 0.29) is 17.6 Å². The van der Waals surface area contributed by atoms with E-state index in [1.165, 1.54) is 16.4 Å². The highest BCUT2D eigenvalue weighted by molar-refractivity contribution is 9.10. The van der Waals surface area contributed by atoms with Crippen molar-refractivity contribution in [2.75, 3.05) is 22.3 Å². The number of aromatic nitrogens is 3. The van der Waals surface area contributed by atoms with Gasteiger partial charge < -0.3 is 11.2 Å². The van der Waals surface area contributed by atoms with Crippen LogP contribution in [0.4, 0.5) is 11.6 Å². The molecule has 144 valence electrons. The first kappa shape index (κ1) is 19.9. The third-order valence-corrected chi connectivity index (χ3v) is 4.96. The molecule has 3 aromatic rings. The Morgan fingerprint density at radius 2 is 2.11 bits per heavy atom. The fourth-order valence-corrected chi connectivity index (χ4v) is 3.33. The molecule has 28 heavy (non-hydrogen) atoms. The molecule has 0 radical (unpaired) electrons. The zero-order valence-corrected chi connectivity index (χ0v) is 17.4. The number of carbonyl (C=O) groups is 1. The van der Waals surface area contributed by atoms with Crippen LogP contribution in [0.1, 0.15) is 11.1 Å². The van der Waals surface area contributed by atoms with Crippen LogP contribution in [-0.4, -0.2) is 32.7 Å². The summed E-state index contributed by atoms with van der Waals surface area (Å²) in [4.78, 5) is 12.1. The average molecular weight is 460 g/mol. The summed E-state index contributed by atoms with van der Waals surface area (Å²) in [6.45, 7) is 1.97. The highest BCUT2D eigenvalue weighted by Crippen LogP contribution is 2.18. The number of aryl methyl sites for hydroxylation is 1. The molecular formula is C18H18BrN7OS. The molecule has 1 aromatic heterocycles. The molecular weight excluding hydrogens is 442 g/mol. The molecule has 0 aliphatic heterocycles. The zero-order valence-electron chi connectivity index (χ0n) is 15.0. The number of amides is 1. The Morgan fingerprint density at radius 3 is 2.89 bits per heavy atom. The lowest BCUT2D eigenvalue weighted by Gasteiger charge is -2.06. The van der Waals surface area contributed by atoms with E-state index >= 15 is 0 Å². The Labute approximate surface area is 174 Å². The van der Waals surface area contributed by atoms with Gasteiger partial charge in [-0.1, -0.05) is 52.0 Å². The number of hydrazone groups is 1. The second kappa shape index (κ2) is 9.38. The number of hydrogen-bond acceptors (Lipinski definition) is 7. The van der Waals surface area contributed by atoms with Crippen molar-refractivity contribution in [3.8, 4) is 0 Å². The first-order valence-electron chi connectivity index (χ1n) is 8.26. The first-order valence-corrected chi connectivity index (χ1v) is 10.0. The summed E-state index contributed by atoms with van der Waals surface area (Å²) in [6, 6.07) is 15.3. The number of thioether (sulfide) groups is 1. The van der Waals surface area contributed by atoms with E-state index in [2.05, 4.69) is 42.0 Å². The van der Waals surface area contributed by atoms with Crippen LogP contribution in [0.5, 0.6) is 0 Å². The molecule has 0 aliphatic rings. The van der Waals surface area contributed by atoms with E-state index in [1.54, 1.807) is 6.21 Å². The highest BCUT2D eigenvalue weighted by Gasteiger charge is 2.12. The van der Waals surface area contributed by atoms with Crippen molar-refractivity contribution in [2.24, 2.45) is 5.10 Å². The lowest BCUT2D eigenvalue weighted by atomic mass is 10.2. The molecule has 0 atom stereocenters. The molecule has 0 fully saturated rings. The van der Waals surface area contributed by atoms with Crippen molar-refractivity contribution in [3.63, 3.8) is 0 Å². The maximum Gasteiger partial charge on any atom is 0.264 e. The summed E-state index contributed by atoms with van der Waals surface area (Å²) in [5.74, 6) is 6.24. The van der Waals surface area contributed by atoms with Gasteiger partial charge >= 0.3 is 0 Å². The van der Waals surface area contributed by atoms with Gasteiger partial charge in [0.15, 0.2) is 0 Å². The molecule has 1 amide bonds. The normalized spacial score (nSPS) is 10.9. The number of carbonyl (C=O) groups excluding carboxylic acids is 1. The van der Waals surface area contributed by atoms with E-state index in [0.717, 1.165) is 21.3 Å². The molecule has 0 bridgehead atoms. The predicted octanol–water partition coefficient (Wildman–Crippen LogP) is 3.24. The van der Waals surface area contributed by atoms with Crippen molar-refractivity contribution in [3.05, 3.63) is 64.1 Å². The molecule has 0 aliphatic carbocycles. The van der Waals surface area contributed by atoms with Gasteiger partial charge in [-0.15, -0.1) is 10.2 Å². The summed E-state index contributed by atoms with van der Waals surface area (Å²) >= 11 is 4.59. The minimum absolute atomic E-state index is 0.152. The monoisotopic (exact) mass is 459 g/mol. The van der Waals surface area contributed by atoms with Crippen LogP contribution < -0.4 is 16.6 Å². The van der Waals surface area contributed by atoms with Gasteiger partial charge in [0, 0.05) is 10.2 Å².